The van der Waals surface area contributed by atoms with Gasteiger partial charge in [-0.05, 0) is 25.5 Å². The minimum atomic E-state index is 0.442. The SMILES string of the molecule is CCc1nn(C)c(OC)c1CNc1ncccc1-c1nc(C)no1. The van der Waals surface area contributed by atoms with Crippen LogP contribution in [0.15, 0.2) is 22.9 Å². The zero-order valence-electron chi connectivity index (χ0n) is 14.2. The Hall–Kier alpha value is -2.90. The van der Waals surface area contributed by atoms with Crippen molar-refractivity contribution in [1.29, 1.82) is 0 Å². The number of aryl methyl sites for hydroxylation is 3. The van der Waals surface area contributed by atoms with Crippen molar-refractivity contribution in [2.24, 2.45) is 7.05 Å². The Balaban J connectivity index is 1.89. The van der Waals surface area contributed by atoms with Gasteiger partial charge >= 0.3 is 0 Å². The number of methoxy groups -OCH3 is 1. The quantitative estimate of drug-likeness (QED) is 0.742. The van der Waals surface area contributed by atoms with Crippen LogP contribution in [0.4, 0.5) is 5.82 Å². The van der Waals surface area contributed by atoms with Gasteiger partial charge in [0.25, 0.3) is 5.89 Å². The first-order valence-corrected chi connectivity index (χ1v) is 7.72. The van der Waals surface area contributed by atoms with Crippen LogP contribution < -0.4 is 10.1 Å². The molecule has 126 valence electrons. The van der Waals surface area contributed by atoms with Crippen molar-refractivity contribution in [1.82, 2.24) is 24.9 Å². The second-order valence-electron chi connectivity index (χ2n) is 5.31. The highest BCUT2D eigenvalue weighted by atomic mass is 16.5. The molecule has 3 rings (SSSR count). The molecule has 8 heteroatoms. The molecular weight excluding hydrogens is 308 g/mol. The standard InChI is InChI=1S/C16H20N6O2/c1-5-13-12(16(23-4)22(3)20-13)9-18-14-11(7-6-8-17-14)15-19-10(2)21-24-15/h6-8H,5,9H2,1-4H3,(H,17,18). The maximum atomic E-state index is 5.46. The molecule has 1 N–H and O–H groups in total. The average molecular weight is 328 g/mol. The molecule has 24 heavy (non-hydrogen) atoms. The average Bonchev–Trinajstić information content (AvgIpc) is 3.15. The van der Waals surface area contributed by atoms with Crippen molar-refractivity contribution in [3.8, 4) is 17.3 Å². The minimum absolute atomic E-state index is 0.442. The van der Waals surface area contributed by atoms with Gasteiger partial charge in [-0.15, -0.1) is 0 Å². The number of pyridine rings is 1. The van der Waals surface area contributed by atoms with E-state index in [0.29, 0.717) is 24.1 Å². The molecule has 0 saturated heterocycles. The van der Waals surface area contributed by atoms with E-state index in [1.807, 2.05) is 19.2 Å². The monoisotopic (exact) mass is 328 g/mol. The number of ether oxygens (including phenoxy) is 1. The van der Waals surface area contributed by atoms with Crippen LogP contribution in [-0.2, 0) is 20.0 Å². The van der Waals surface area contributed by atoms with Crippen LogP contribution in [0.3, 0.4) is 0 Å². The Morgan fingerprint density at radius 3 is 2.88 bits per heavy atom. The molecule has 0 aliphatic carbocycles. The van der Waals surface area contributed by atoms with Crippen molar-refractivity contribution in [2.45, 2.75) is 26.8 Å². The fourth-order valence-corrected chi connectivity index (χ4v) is 2.62. The molecule has 8 nitrogen and oxygen atoms in total. The van der Waals surface area contributed by atoms with Gasteiger partial charge in [0.2, 0.25) is 5.88 Å². The molecule has 0 radical (unpaired) electrons. The van der Waals surface area contributed by atoms with E-state index in [0.717, 1.165) is 29.1 Å². The Morgan fingerprint density at radius 2 is 2.21 bits per heavy atom. The summed E-state index contributed by atoms with van der Waals surface area (Å²) in [4.78, 5) is 8.66. The Morgan fingerprint density at radius 1 is 1.38 bits per heavy atom. The van der Waals surface area contributed by atoms with Crippen LogP contribution in [0, 0.1) is 6.92 Å². The van der Waals surface area contributed by atoms with Gasteiger partial charge in [0.15, 0.2) is 5.82 Å². The summed E-state index contributed by atoms with van der Waals surface area (Å²) in [5.74, 6) is 2.44. The van der Waals surface area contributed by atoms with Gasteiger partial charge in [0.1, 0.15) is 5.82 Å². The fraction of sp³-hybridized carbons (Fsp3) is 0.375. The lowest BCUT2D eigenvalue weighted by Gasteiger charge is -2.10. The predicted octanol–water partition coefficient (Wildman–Crippen LogP) is 2.36. The molecule has 0 amide bonds. The number of rotatable bonds is 6. The first-order chi connectivity index (χ1) is 11.6. The minimum Gasteiger partial charge on any atom is -0.481 e. The summed E-state index contributed by atoms with van der Waals surface area (Å²) >= 11 is 0. The molecule has 3 heterocycles. The van der Waals surface area contributed by atoms with Crippen molar-refractivity contribution in [3.63, 3.8) is 0 Å². The third-order valence-electron chi connectivity index (χ3n) is 3.70. The smallest absolute Gasteiger partial charge is 0.261 e. The van der Waals surface area contributed by atoms with E-state index >= 15 is 0 Å². The van der Waals surface area contributed by atoms with E-state index in [1.54, 1.807) is 24.9 Å². The number of aromatic nitrogens is 5. The summed E-state index contributed by atoms with van der Waals surface area (Å²) in [6.07, 6.45) is 2.54. The molecule has 0 aliphatic rings. The first kappa shape index (κ1) is 16.0. The zero-order chi connectivity index (χ0) is 17.1. The molecule has 0 atom stereocenters. The van der Waals surface area contributed by atoms with Crippen LogP contribution in [0.25, 0.3) is 11.5 Å². The molecule has 0 aliphatic heterocycles. The largest absolute Gasteiger partial charge is 0.481 e. The van der Waals surface area contributed by atoms with E-state index in [1.165, 1.54) is 0 Å². The number of nitrogens with one attached hydrogen (secondary N) is 1. The van der Waals surface area contributed by atoms with E-state index in [2.05, 4.69) is 32.5 Å². The summed E-state index contributed by atoms with van der Waals surface area (Å²) < 4.78 is 12.5. The van der Waals surface area contributed by atoms with E-state index in [4.69, 9.17) is 9.26 Å². The normalized spacial score (nSPS) is 10.8. The third kappa shape index (κ3) is 2.94. The molecule has 0 aromatic carbocycles. The fourth-order valence-electron chi connectivity index (χ4n) is 2.62. The molecule has 0 bridgehead atoms. The first-order valence-electron chi connectivity index (χ1n) is 7.72. The van der Waals surface area contributed by atoms with Gasteiger partial charge in [-0.2, -0.15) is 10.1 Å². The van der Waals surface area contributed by atoms with Gasteiger partial charge in [0, 0.05) is 19.8 Å². The van der Waals surface area contributed by atoms with Gasteiger partial charge in [-0.25, -0.2) is 9.67 Å². The third-order valence-corrected chi connectivity index (χ3v) is 3.70. The lowest BCUT2D eigenvalue weighted by molar-refractivity contribution is 0.369. The molecule has 3 aromatic heterocycles. The van der Waals surface area contributed by atoms with E-state index in [9.17, 15) is 0 Å². The Labute approximate surface area is 139 Å². The van der Waals surface area contributed by atoms with Crippen LogP contribution in [-0.4, -0.2) is 32.0 Å². The summed E-state index contributed by atoms with van der Waals surface area (Å²) in [6.45, 7) is 4.39. The van der Waals surface area contributed by atoms with Crippen LogP contribution in [0.5, 0.6) is 5.88 Å². The summed E-state index contributed by atoms with van der Waals surface area (Å²) in [5.41, 5.74) is 2.77. The summed E-state index contributed by atoms with van der Waals surface area (Å²) in [5, 5.41) is 11.6. The molecule has 0 fully saturated rings. The zero-order valence-corrected chi connectivity index (χ0v) is 14.2. The summed E-state index contributed by atoms with van der Waals surface area (Å²) in [6, 6.07) is 3.73. The van der Waals surface area contributed by atoms with Gasteiger partial charge in [-0.1, -0.05) is 12.1 Å². The van der Waals surface area contributed by atoms with Crippen LogP contribution in [0.2, 0.25) is 0 Å². The van der Waals surface area contributed by atoms with Gasteiger partial charge < -0.3 is 14.6 Å². The number of anilines is 1. The topological polar surface area (TPSA) is 90.9 Å². The highest BCUT2D eigenvalue weighted by Gasteiger charge is 2.17. The van der Waals surface area contributed by atoms with Crippen LogP contribution in [0.1, 0.15) is 24.0 Å². The van der Waals surface area contributed by atoms with Gasteiger partial charge in [0.05, 0.1) is 23.9 Å². The second kappa shape index (κ2) is 6.69. The van der Waals surface area contributed by atoms with Gasteiger partial charge in [-0.3, -0.25) is 0 Å². The molecule has 0 unspecified atom stereocenters. The van der Waals surface area contributed by atoms with Crippen LogP contribution >= 0.6 is 0 Å². The van der Waals surface area contributed by atoms with Crippen molar-refractivity contribution in [2.75, 3.05) is 12.4 Å². The number of hydrogen-bond acceptors (Lipinski definition) is 7. The van der Waals surface area contributed by atoms with Crippen molar-refractivity contribution in [3.05, 3.63) is 35.4 Å². The molecule has 0 spiro atoms. The second-order valence-corrected chi connectivity index (χ2v) is 5.31. The highest BCUT2D eigenvalue weighted by molar-refractivity contribution is 5.68. The van der Waals surface area contributed by atoms with Crippen molar-refractivity contribution >= 4 is 5.82 Å². The number of nitrogens with zero attached hydrogens (tertiary/aromatic N) is 5. The maximum absolute atomic E-state index is 5.46. The Bertz CT molecular complexity index is 839. The predicted molar refractivity (Wildman–Crippen MR) is 88.7 cm³/mol. The molecule has 3 aromatic rings. The van der Waals surface area contributed by atoms with E-state index in [-0.39, 0.29) is 0 Å². The summed E-state index contributed by atoms with van der Waals surface area (Å²) in [7, 11) is 3.52. The molecule has 0 saturated carbocycles. The lowest BCUT2D eigenvalue weighted by atomic mass is 10.2. The van der Waals surface area contributed by atoms with E-state index < -0.39 is 0 Å². The van der Waals surface area contributed by atoms with Crippen molar-refractivity contribution < 1.29 is 9.26 Å². The Kier molecular flexibility index (Phi) is 4.45. The molecular formula is C16H20N6O2. The number of hydrogen-bond donors (Lipinski definition) is 1. The highest BCUT2D eigenvalue weighted by Crippen LogP contribution is 2.27. The maximum Gasteiger partial charge on any atom is 0.261 e. The lowest BCUT2D eigenvalue weighted by Crippen LogP contribution is -2.06.